The Labute approximate surface area is 108 Å². The molecule has 4 atom stereocenters. The summed E-state index contributed by atoms with van der Waals surface area (Å²) in [6, 6.07) is 0.266. The van der Waals surface area contributed by atoms with E-state index in [4.69, 9.17) is 5.73 Å². The van der Waals surface area contributed by atoms with Crippen LogP contribution in [0, 0.1) is 11.8 Å². The number of nitrogens with two attached hydrogens (primary N) is 1. The van der Waals surface area contributed by atoms with Gasteiger partial charge in [-0.3, -0.25) is 4.79 Å². The van der Waals surface area contributed by atoms with Crippen molar-refractivity contribution in [2.24, 2.45) is 17.6 Å². The van der Waals surface area contributed by atoms with E-state index in [0.29, 0.717) is 0 Å². The minimum Gasteiger partial charge on any atom is -0.480 e. The number of aliphatic carboxylic acids is 1. The number of carboxylic acids is 1. The lowest BCUT2D eigenvalue weighted by Gasteiger charge is -2.31. The molecular formula is C12H23BN2O3. The van der Waals surface area contributed by atoms with Crippen LogP contribution in [0.3, 0.4) is 0 Å². The molecule has 0 amide bonds. The van der Waals surface area contributed by atoms with Crippen molar-refractivity contribution >= 4 is 12.9 Å². The topological polar surface area (TPSA) is 95.6 Å². The van der Waals surface area contributed by atoms with Crippen LogP contribution < -0.4 is 11.1 Å². The molecule has 2 fully saturated rings. The highest BCUT2D eigenvalue weighted by Crippen LogP contribution is 2.45. The monoisotopic (exact) mass is 254 g/mol. The van der Waals surface area contributed by atoms with Gasteiger partial charge in [0.15, 0.2) is 0 Å². The molecule has 0 aromatic heterocycles. The van der Waals surface area contributed by atoms with E-state index in [9.17, 15) is 14.9 Å². The van der Waals surface area contributed by atoms with Crippen molar-refractivity contribution in [2.75, 3.05) is 6.54 Å². The molecule has 0 bridgehead atoms. The highest BCUT2D eigenvalue weighted by atomic mass is 16.4. The van der Waals surface area contributed by atoms with Crippen LogP contribution in [0.4, 0.5) is 0 Å². The lowest BCUT2D eigenvalue weighted by Crippen LogP contribution is -2.56. The van der Waals surface area contributed by atoms with Crippen molar-refractivity contribution in [3.63, 3.8) is 0 Å². The van der Waals surface area contributed by atoms with Crippen LogP contribution in [0.5, 0.6) is 0 Å². The number of nitrogens with one attached hydrogen (secondary N) is 1. The highest BCUT2D eigenvalue weighted by Gasteiger charge is 2.58. The van der Waals surface area contributed by atoms with E-state index < -0.39 is 11.5 Å². The van der Waals surface area contributed by atoms with Crippen molar-refractivity contribution in [3.05, 3.63) is 0 Å². The van der Waals surface area contributed by atoms with Gasteiger partial charge < -0.3 is 21.2 Å². The highest BCUT2D eigenvalue weighted by molar-refractivity contribution is 6.48. The number of carbonyl (C=O) groups is 1. The van der Waals surface area contributed by atoms with Gasteiger partial charge in [-0.2, -0.15) is 0 Å². The van der Waals surface area contributed by atoms with Gasteiger partial charge in [0.25, 0.3) is 6.92 Å². The standard InChI is InChI=1S/C12H23BN2O3/c1-13(18)5-2-3-8-7-10-9(4-6-15-10)12(8,14)11(16)17/h8-10,15,18H,2-7,14H2,1H3,(H,16,17). The lowest BCUT2D eigenvalue weighted by atomic mass is 9.66. The van der Waals surface area contributed by atoms with Crippen molar-refractivity contribution in [1.82, 2.24) is 5.32 Å². The third-order valence-electron chi connectivity index (χ3n) is 4.72. The molecule has 5 N–H and O–H groups in total. The van der Waals surface area contributed by atoms with E-state index >= 15 is 0 Å². The van der Waals surface area contributed by atoms with Gasteiger partial charge in [-0.15, -0.1) is 0 Å². The van der Waals surface area contributed by atoms with E-state index in [1.807, 2.05) is 0 Å². The summed E-state index contributed by atoms with van der Waals surface area (Å²) in [5.74, 6) is -0.774. The first-order valence-electron chi connectivity index (χ1n) is 6.90. The lowest BCUT2D eigenvalue weighted by molar-refractivity contribution is -0.146. The molecule has 6 heteroatoms. The Bertz CT molecular complexity index is 326. The van der Waals surface area contributed by atoms with Crippen LogP contribution in [0.15, 0.2) is 0 Å². The first-order valence-corrected chi connectivity index (χ1v) is 6.90. The van der Waals surface area contributed by atoms with Crippen LogP contribution in [0.1, 0.15) is 25.7 Å². The zero-order valence-electron chi connectivity index (χ0n) is 10.9. The maximum Gasteiger partial charge on any atom is 0.324 e. The molecular weight excluding hydrogens is 231 g/mol. The predicted molar refractivity (Wildman–Crippen MR) is 70.4 cm³/mol. The van der Waals surface area contributed by atoms with E-state index in [0.717, 1.165) is 38.5 Å². The molecule has 1 aliphatic heterocycles. The third kappa shape index (κ3) is 2.29. The van der Waals surface area contributed by atoms with Gasteiger partial charge in [-0.1, -0.05) is 13.2 Å². The molecule has 18 heavy (non-hydrogen) atoms. The van der Waals surface area contributed by atoms with E-state index in [1.54, 1.807) is 6.82 Å². The van der Waals surface area contributed by atoms with Crippen molar-refractivity contribution in [2.45, 2.75) is 50.4 Å². The van der Waals surface area contributed by atoms with Gasteiger partial charge in [0, 0.05) is 12.0 Å². The zero-order chi connectivity index (χ0) is 13.3. The summed E-state index contributed by atoms with van der Waals surface area (Å²) >= 11 is 0. The van der Waals surface area contributed by atoms with E-state index in [2.05, 4.69) is 5.32 Å². The van der Waals surface area contributed by atoms with Gasteiger partial charge in [0.05, 0.1) is 0 Å². The second kappa shape index (κ2) is 5.19. The SMILES string of the molecule is CB(O)CCCC1CC2NCCC2C1(N)C(=O)O. The second-order valence-corrected chi connectivity index (χ2v) is 5.91. The van der Waals surface area contributed by atoms with Crippen molar-refractivity contribution < 1.29 is 14.9 Å². The number of fused-ring (bicyclic) bond motifs is 1. The van der Waals surface area contributed by atoms with Crippen molar-refractivity contribution in [1.29, 1.82) is 0 Å². The number of rotatable bonds is 5. The Hall–Kier alpha value is -0.585. The molecule has 0 radical (unpaired) electrons. The van der Waals surface area contributed by atoms with Crippen LogP contribution in [0.2, 0.25) is 13.1 Å². The minimum atomic E-state index is -1.08. The Morgan fingerprint density at radius 3 is 2.94 bits per heavy atom. The molecule has 2 rings (SSSR count). The second-order valence-electron chi connectivity index (χ2n) is 5.91. The summed E-state index contributed by atoms with van der Waals surface area (Å²) in [5.41, 5.74) is 5.17. The molecule has 1 heterocycles. The molecule has 1 saturated carbocycles. The van der Waals surface area contributed by atoms with Gasteiger partial charge in [0.2, 0.25) is 0 Å². The Kier molecular flexibility index (Phi) is 3.99. The number of carboxylic acid groups (broad SMARTS) is 1. The molecule has 0 aromatic carbocycles. The van der Waals surface area contributed by atoms with E-state index in [1.165, 1.54) is 0 Å². The van der Waals surface area contributed by atoms with Crippen LogP contribution in [0.25, 0.3) is 0 Å². The van der Waals surface area contributed by atoms with Gasteiger partial charge in [-0.05, 0) is 38.0 Å². The van der Waals surface area contributed by atoms with Crippen LogP contribution in [-0.4, -0.2) is 41.1 Å². The quantitative estimate of drug-likeness (QED) is 0.524. The van der Waals surface area contributed by atoms with Gasteiger partial charge >= 0.3 is 5.97 Å². The fourth-order valence-electron chi connectivity index (χ4n) is 3.74. The molecule has 4 unspecified atom stereocenters. The fraction of sp³-hybridized carbons (Fsp3) is 0.917. The largest absolute Gasteiger partial charge is 0.480 e. The molecule has 1 aliphatic carbocycles. The fourth-order valence-corrected chi connectivity index (χ4v) is 3.74. The third-order valence-corrected chi connectivity index (χ3v) is 4.72. The number of hydrogen-bond donors (Lipinski definition) is 4. The average Bonchev–Trinajstić information content (AvgIpc) is 2.82. The summed E-state index contributed by atoms with van der Waals surface area (Å²) in [6.45, 7) is 2.32. The van der Waals surface area contributed by atoms with Crippen LogP contribution >= 0.6 is 0 Å². The normalized spacial score (nSPS) is 38.7. The van der Waals surface area contributed by atoms with Gasteiger partial charge in [-0.25, -0.2) is 0 Å². The van der Waals surface area contributed by atoms with Crippen LogP contribution in [-0.2, 0) is 4.79 Å². The molecule has 1 saturated heterocycles. The van der Waals surface area contributed by atoms with Gasteiger partial charge in [0.1, 0.15) is 5.54 Å². The average molecular weight is 254 g/mol. The summed E-state index contributed by atoms with van der Waals surface area (Å²) < 4.78 is 0. The summed E-state index contributed by atoms with van der Waals surface area (Å²) in [5, 5.41) is 22.1. The molecule has 2 aliphatic rings. The Morgan fingerprint density at radius 2 is 2.33 bits per heavy atom. The summed E-state index contributed by atoms with van der Waals surface area (Å²) in [7, 11) is 0. The molecule has 0 spiro atoms. The van der Waals surface area contributed by atoms with E-state index in [-0.39, 0.29) is 24.8 Å². The number of hydrogen-bond acceptors (Lipinski definition) is 4. The Balaban J connectivity index is 2.03. The smallest absolute Gasteiger partial charge is 0.324 e. The Morgan fingerprint density at radius 1 is 1.61 bits per heavy atom. The minimum absolute atomic E-state index is 0.0246. The first-order chi connectivity index (χ1) is 8.46. The molecule has 5 nitrogen and oxygen atoms in total. The summed E-state index contributed by atoms with van der Waals surface area (Å²) in [4.78, 5) is 11.6. The first kappa shape index (κ1) is 13.8. The molecule has 102 valence electrons. The maximum absolute atomic E-state index is 11.6. The predicted octanol–water partition coefficient (Wildman–Crippen LogP) is 0.160. The summed E-state index contributed by atoms with van der Waals surface area (Å²) in [6.07, 6.45) is 4.07. The zero-order valence-corrected chi connectivity index (χ0v) is 10.9. The van der Waals surface area contributed by atoms with Crippen molar-refractivity contribution in [3.8, 4) is 0 Å². The maximum atomic E-state index is 11.6. The molecule has 0 aromatic rings.